The van der Waals surface area contributed by atoms with Gasteiger partial charge in [0.05, 0.1) is 11.3 Å². The largest absolute Gasteiger partial charge is 0.333 e. The summed E-state index contributed by atoms with van der Waals surface area (Å²) in [6.07, 6.45) is 5.26. The first kappa shape index (κ1) is 12.1. The zero-order valence-electron chi connectivity index (χ0n) is 11.1. The lowest BCUT2D eigenvalue weighted by Gasteiger charge is -2.39. The molecule has 0 aromatic carbocycles. The molecule has 0 bridgehead atoms. The molecule has 0 unspecified atom stereocenters. The Bertz CT molecular complexity index is 414. The number of piperidine rings is 1. The van der Waals surface area contributed by atoms with Crippen LogP contribution < -0.4 is 0 Å². The second-order valence-electron chi connectivity index (χ2n) is 5.14. The van der Waals surface area contributed by atoms with Crippen molar-refractivity contribution in [3.63, 3.8) is 0 Å². The quantitative estimate of drug-likeness (QED) is 0.748. The van der Waals surface area contributed by atoms with Crippen LogP contribution in [0.5, 0.6) is 0 Å². The molecule has 0 radical (unpaired) electrons. The van der Waals surface area contributed by atoms with Crippen molar-refractivity contribution in [3.05, 3.63) is 17.5 Å². The van der Waals surface area contributed by atoms with Crippen LogP contribution in [0.4, 0.5) is 0 Å². The van der Waals surface area contributed by atoms with E-state index < -0.39 is 0 Å². The molecule has 4 heteroatoms. The molecule has 1 aromatic rings. The van der Waals surface area contributed by atoms with E-state index in [1.54, 1.807) is 4.68 Å². The van der Waals surface area contributed by atoms with Gasteiger partial charge in [-0.2, -0.15) is 5.10 Å². The van der Waals surface area contributed by atoms with E-state index >= 15 is 0 Å². The molecule has 1 amide bonds. The summed E-state index contributed by atoms with van der Waals surface area (Å²) in [6.45, 7) is 6.17. The predicted octanol–water partition coefficient (Wildman–Crippen LogP) is 2.13. The number of rotatable bonds is 1. The van der Waals surface area contributed by atoms with Crippen molar-refractivity contribution in [1.82, 2.24) is 14.7 Å². The molecular weight excluding hydrogens is 214 g/mol. The Morgan fingerprint density at radius 1 is 1.35 bits per heavy atom. The fraction of sp³-hybridized carbons (Fsp3) is 0.692. The number of likely N-dealkylation sites (tertiary alicyclic amines) is 1. The van der Waals surface area contributed by atoms with E-state index in [2.05, 4.69) is 18.9 Å². The molecule has 17 heavy (non-hydrogen) atoms. The van der Waals surface area contributed by atoms with E-state index in [0.29, 0.717) is 12.1 Å². The number of hydrogen-bond acceptors (Lipinski definition) is 2. The van der Waals surface area contributed by atoms with Gasteiger partial charge in [0, 0.05) is 25.3 Å². The Morgan fingerprint density at radius 2 is 1.94 bits per heavy atom. The Hall–Kier alpha value is -1.32. The molecule has 1 aliphatic rings. The van der Waals surface area contributed by atoms with Crippen molar-refractivity contribution in [2.75, 3.05) is 0 Å². The topological polar surface area (TPSA) is 38.1 Å². The monoisotopic (exact) mass is 235 g/mol. The van der Waals surface area contributed by atoms with Crippen LogP contribution in [0.15, 0.2) is 6.20 Å². The second-order valence-corrected chi connectivity index (χ2v) is 5.14. The van der Waals surface area contributed by atoms with Gasteiger partial charge in [-0.25, -0.2) is 0 Å². The molecule has 1 fully saturated rings. The molecule has 2 atom stereocenters. The summed E-state index contributed by atoms with van der Waals surface area (Å²) in [5, 5.41) is 4.25. The van der Waals surface area contributed by atoms with Gasteiger partial charge in [0.25, 0.3) is 5.91 Å². The van der Waals surface area contributed by atoms with E-state index in [1.807, 2.05) is 25.1 Å². The Labute approximate surface area is 103 Å². The first-order valence-electron chi connectivity index (χ1n) is 6.33. The standard InChI is InChI=1S/C13H21N3O/c1-9-6-5-7-10(2)16(9)13(17)12-8-15(4)14-11(12)3/h8-10H,5-7H2,1-4H3/t9-,10+. The van der Waals surface area contributed by atoms with Crippen LogP contribution in [0.3, 0.4) is 0 Å². The molecule has 1 aliphatic heterocycles. The lowest BCUT2D eigenvalue weighted by molar-refractivity contribution is 0.0510. The number of amides is 1. The summed E-state index contributed by atoms with van der Waals surface area (Å²) in [5.41, 5.74) is 1.57. The molecule has 2 heterocycles. The minimum atomic E-state index is 0.135. The highest BCUT2D eigenvalue weighted by atomic mass is 16.2. The fourth-order valence-corrected chi connectivity index (χ4v) is 2.77. The minimum absolute atomic E-state index is 0.135. The normalized spacial score (nSPS) is 25.1. The summed E-state index contributed by atoms with van der Waals surface area (Å²) in [5.74, 6) is 0.135. The zero-order chi connectivity index (χ0) is 12.6. The predicted molar refractivity (Wildman–Crippen MR) is 66.9 cm³/mol. The van der Waals surface area contributed by atoms with Crippen molar-refractivity contribution < 1.29 is 4.79 Å². The van der Waals surface area contributed by atoms with Gasteiger partial charge in [0.15, 0.2) is 0 Å². The molecular formula is C13H21N3O. The van der Waals surface area contributed by atoms with Gasteiger partial charge in [-0.1, -0.05) is 0 Å². The van der Waals surface area contributed by atoms with Crippen LogP contribution in [-0.2, 0) is 7.05 Å². The van der Waals surface area contributed by atoms with Crippen LogP contribution in [0.25, 0.3) is 0 Å². The van der Waals surface area contributed by atoms with Gasteiger partial charge in [0.1, 0.15) is 0 Å². The lowest BCUT2D eigenvalue weighted by atomic mass is 9.96. The summed E-state index contributed by atoms with van der Waals surface area (Å²) in [7, 11) is 1.85. The van der Waals surface area contributed by atoms with Crippen molar-refractivity contribution >= 4 is 5.91 Å². The van der Waals surface area contributed by atoms with Gasteiger partial charge in [-0.05, 0) is 40.0 Å². The number of carbonyl (C=O) groups excluding carboxylic acids is 1. The highest BCUT2D eigenvalue weighted by molar-refractivity contribution is 5.95. The van der Waals surface area contributed by atoms with Gasteiger partial charge >= 0.3 is 0 Å². The van der Waals surface area contributed by atoms with Crippen molar-refractivity contribution in [1.29, 1.82) is 0 Å². The van der Waals surface area contributed by atoms with E-state index in [0.717, 1.165) is 24.1 Å². The van der Waals surface area contributed by atoms with Crippen LogP contribution in [0.1, 0.15) is 49.2 Å². The van der Waals surface area contributed by atoms with Gasteiger partial charge < -0.3 is 4.90 Å². The molecule has 0 spiro atoms. The maximum atomic E-state index is 12.5. The first-order valence-corrected chi connectivity index (χ1v) is 6.33. The van der Waals surface area contributed by atoms with E-state index in [1.165, 1.54) is 6.42 Å². The van der Waals surface area contributed by atoms with Crippen LogP contribution in [-0.4, -0.2) is 32.7 Å². The summed E-state index contributed by atoms with van der Waals surface area (Å²) < 4.78 is 1.71. The molecule has 94 valence electrons. The van der Waals surface area contributed by atoms with Gasteiger partial charge in [-0.3, -0.25) is 9.48 Å². The van der Waals surface area contributed by atoms with Crippen LogP contribution in [0, 0.1) is 6.92 Å². The molecule has 1 saturated heterocycles. The Balaban J connectivity index is 2.27. The third-order valence-electron chi connectivity index (χ3n) is 3.67. The van der Waals surface area contributed by atoms with E-state index in [-0.39, 0.29) is 5.91 Å². The lowest BCUT2D eigenvalue weighted by Crippen LogP contribution is -2.47. The number of aryl methyl sites for hydroxylation is 2. The van der Waals surface area contributed by atoms with Gasteiger partial charge in [0.2, 0.25) is 0 Å². The minimum Gasteiger partial charge on any atom is -0.333 e. The first-order chi connectivity index (χ1) is 8.00. The van der Waals surface area contributed by atoms with Crippen molar-refractivity contribution in [2.45, 2.75) is 52.1 Å². The van der Waals surface area contributed by atoms with Crippen LogP contribution in [0.2, 0.25) is 0 Å². The summed E-state index contributed by atoms with van der Waals surface area (Å²) in [6, 6.07) is 0.678. The third kappa shape index (κ3) is 2.21. The van der Waals surface area contributed by atoms with Crippen molar-refractivity contribution in [3.8, 4) is 0 Å². The van der Waals surface area contributed by atoms with Crippen LogP contribution >= 0.6 is 0 Å². The van der Waals surface area contributed by atoms with Gasteiger partial charge in [-0.15, -0.1) is 0 Å². The fourth-order valence-electron chi connectivity index (χ4n) is 2.77. The molecule has 4 nitrogen and oxygen atoms in total. The average Bonchev–Trinajstić information content (AvgIpc) is 2.57. The molecule has 2 rings (SSSR count). The second kappa shape index (κ2) is 4.51. The van der Waals surface area contributed by atoms with E-state index in [4.69, 9.17) is 0 Å². The number of carbonyl (C=O) groups is 1. The highest BCUT2D eigenvalue weighted by Gasteiger charge is 2.30. The number of hydrogen-bond donors (Lipinski definition) is 0. The number of nitrogens with zero attached hydrogens (tertiary/aromatic N) is 3. The van der Waals surface area contributed by atoms with Crippen molar-refractivity contribution in [2.24, 2.45) is 7.05 Å². The summed E-state index contributed by atoms with van der Waals surface area (Å²) in [4.78, 5) is 14.5. The SMILES string of the molecule is Cc1nn(C)cc1C(=O)N1[C@H](C)CCC[C@@H]1C. The smallest absolute Gasteiger partial charge is 0.257 e. The highest BCUT2D eigenvalue weighted by Crippen LogP contribution is 2.25. The third-order valence-corrected chi connectivity index (χ3v) is 3.67. The van der Waals surface area contributed by atoms with E-state index in [9.17, 15) is 4.79 Å². The maximum Gasteiger partial charge on any atom is 0.257 e. The Morgan fingerprint density at radius 3 is 2.41 bits per heavy atom. The Kier molecular flexibility index (Phi) is 3.22. The average molecular weight is 235 g/mol. The summed E-state index contributed by atoms with van der Waals surface area (Å²) >= 11 is 0. The maximum absolute atomic E-state index is 12.5. The molecule has 1 aromatic heterocycles. The molecule has 0 aliphatic carbocycles. The molecule has 0 N–H and O–H groups in total. The number of aromatic nitrogens is 2. The molecule has 0 saturated carbocycles. The zero-order valence-corrected chi connectivity index (χ0v) is 11.1.